The lowest BCUT2D eigenvalue weighted by atomic mass is 10.1. The number of nitrogens with zero attached hydrogens (tertiary/aromatic N) is 1. The Morgan fingerprint density at radius 2 is 2.12 bits per heavy atom. The van der Waals surface area contributed by atoms with Gasteiger partial charge in [0.1, 0.15) is 0 Å². The summed E-state index contributed by atoms with van der Waals surface area (Å²) < 4.78 is 0. The molecule has 3 N–H and O–H groups in total. The van der Waals surface area contributed by atoms with Crippen LogP contribution in [0.15, 0.2) is 18.2 Å². The van der Waals surface area contributed by atoms with Gasteiger partial charge in [-0.05, 0) is 25.1 Å². The number of hydrogen-bond acceptors (Lipinski definition) is 2. The fraction of sp³-hybridized carbons (Fsp3) is 0.0909. The Morgan fingerprint density at radius 3 is 2.65 bits per heavy atom. The average Bonchev–Trinajstić information content (AvgIpc) is 2.60. The average molecular weight is 270 g/mol. The van der Waals surface area contributed by atoms with E-state index in [1.807, 2.05) is 0 Å². The lowest BCUT2D eigenvalue weighted by Gasteiger charge is -2.03. The zero-order chi connectivity index (χ0) is 12.6. The van der Waals surface area contributed by atoms with Crippen molar-refractivity contribution in [2.45, 2.75) is 6.92 Å². The predicted molar refractivity (Wildman–Crippen MR) is 67.3 cm³/mol. The SMILES string of the molecule is Cc1c(C(N)=O)n[nH]c1-c1ccc(Cl)cc1Cl. The number of carbonyl (C=O) groups excluding carboxylic acids is 1. The molecule has 88 valence electrons. The summed E-state index contributed by atoms with van der Waals surface area (Å²) in [4.78, 5) is 11.1. The summed E-state index contributed by atoms with van der Waals surface area (Å²) in [5, 5.41) is 7.65. The predicted octanol–water partition coefficient (Wildman–Crippen LogP) is 2.79. The first kappa shape index (κ1) is 12.0. The van der Waals surface area contributed by atoms with Crippen LogP contribution < -0.4 is 5.73 Å². The molecule has 2 aromatic rings. The van der Waals surface area contributed by atoms with Gasteiger partial charge >= 0.3 is 0 Å². The molecule has 0 atom stereocenters. The van der Waals surface area contributed by atoms with Gasteiger partial charge in [-0.25, -0.2) is 0 Å². The van der Waals surface area contributed by atoms with E-state index >= 15 is 0 Å². The van der Waals surface area contributed by atoms with E-state index in [2.05, 4.69) is 10.2 Å². The molecular weight excluding hydrogens is 261 g/mol. The fourth-order valence-electron chi connectivity index (χ4n) is 1.59. The van der Waals surface area contributed by atoms with Crippen molar-refractivity contribution in [3.63, 3.8) is 0 Å². The lowest BCUT2D eigenvalue weighted by Crippen LogP contribution is -2.12. The van der Waals surface area contributed by atoms with Gasteiger partial charge in [0.25, 0.3) is 5.91 Å². The van der Waals surface area contributed by atoms with Crippen molar-refractivity contribution in [1.29, 1.82) is 0 Å². The van der Waals surface area contributed by atoms with E-state index in [0.29, 0.717) is 21.3 Å². The van der Waals surface area contributed by atoms with Gasteiger partial charge in [-0.15, -0.1) is 0 Å². The Bertz CT molecular complexity index is 592. The smallest absolute Gasteiger partial charge is 0.269 e. The molecule has 0 aliphatic heterocycles. The molecule has 6 heteroatoms. The van der Waals surface area contributed by atoms with Crippen LogP contribution in [0.25, 0.3) is 11.3 Å². The number of benzene rings is 1. The van der Waals surface area contributed by atoms with E-state index in [1.54, 1.807) is 25.1 Å². The lowest BCUT2D eigenvalue weighted by molar-refractivity contribution is 0.0995. The quantitative estimate of drug-likeness (QED) is 0.880. The first-order chi connectivity index (χ1) is 8.00. The molecule has 1 aromatic carbocycles. The van der Waals surface area contributed by atoms with Gasteiger partial charge in [0.15, 0.2) is 5.69 Å². The van der Waals surface area contributed by atoms with E-state index in [4.69, 9.17) is 28.9 Å². The van der Waals surface area contributed by atoms with E-state index < -0.39 is 5.91 Å². The second kappa shape index (κ2) is 4.39. The van der Waals surface area contributed by atoms with Crippen molar-refractivity contribution in [3.05, 3.63) is 39.5 Å². The third-order valence-electron chi connectivity index (χ3n) is 2.44. The summed E-state index contributed by atoms with van der Waals surface area (Å²) >= 11 is 11.9. The molecule has 0 aliphatic carbocycles. The highest BCUT2D eigenvalue weighted by molar-refractivity contribution is 6.36. The summed E-state index contributed by atoms with van der Waals surface area (Å²) in [6.07, 6.45) is 0. The maximum absolute atomic E-state index is 11.1. The van der Waals surface area contributed by atoms with Crippen molar-refractivity contribution in [2.24, 2.45) is 5.73 Å². The highest BCUT2D eigenvalue weighted by Gasteiger charge is 2.16. The zero-order valence-electron chi connectivity index (χ0n) is 8.92. The third-order valence-corrected chi connectivity index (χ3v) is 2.99. The standard InChI is InChI=1S/C11H9Cl2N3O/c1-5-9(15-16-10(5)11(14)17)7-3-2-6(12)4-8(7)13/h2-4H,1H3,(H2,14,17)(H,15,16). The number of aromatic amines is 1. The van der Waals surface area contributed by atoms with Crippen LogP contribution in [0.5, 0.6) is 0 Å². The van der Waals surface area contributed by atoms with Crippen LogP contribution >= 0.6 is 23.2 Å². The molecule has 0 aliphatic rings. The molecule has 0 saturated heterocycles. The van der Waals surface area contributed by atoms with E-state index in [-0.39, 0.29) is 5.69 Å². The highest BCUT2D eigenvalue weighted by Crippen LogP contribution is 2.31. The minimum Gasteiger partial charge on any atom is -0.364 e. The molecule has 0 saturated carbocycles. The van der Waals surface area contributed by atoms with Gasteiger partial charge < -0.3 is 5.73 Å². The number of hydrogen-bond donors (Lipinski definition) is 2. The number of carbonyl (C=O) groups is 1. The summed E-state index contributed by atoms with van der Waals surface area (Å²) in [7, 11) is 0. The molecule has 1 aromatic heterocycles. The second-order valence-electron chi connectivity index (χ2n) is 3.56. The van der Waals surface area contributed by atoms with Crippen LogP contribution in [-0.2, 0) is 0 Å². The van der Waals surface area contributed by atoms with Crippen LogP contribution in [0.4, 0.5) is 0 Å². The molecule has 1 amide bonds. The van der Waals surface area contributed by atoms with Crippen molar-refractivity contribution >= 4 is 29.1 Å². The number of amides is 1. The number of nitrogens with two attached hydrogens (primary N) is 1. The molecule has 17 heavy (non-hydrogen) atoms. The zero-order valence-corrected chi connectivity index (χ0v) is 10.4. The number of primary amides is 1. The fourth-order valence-corrected chi connectivity index (χ4v) is 2.10. The first-order valence-corrected chi connectivity index (χ1v) is 5.56. The van der Waals surface area contributed by atoms with Crippen LogP contribution in [0.3, 0.4) is 0 Å². The molecule has 1 heterocycles. The monoisotopic (exact) mass is 269 g/mol. The summed E-state index contributed by atoms with van der Waals surface area (Å²) in [5.74, 6) is -0.574. The van der Waals surface area contributed by atoms with Crippen LogP contribution in [0.2, 0.25) is 10.0 Å². The molecule has 0 radical (unpaired) electrons. The van der Waals surface area contributed by atoms with Crippen LogP contribution in [0.1, 0.15) is 16.1 Å². The van der Waals surface area contributed by atoms with Crippen molar-refractivity contribution in [3.8, 4) is 11.3 Å². The van der Waals surface area contributed by atoms with Gasteiger partial charge in [-0.3, -0.25) is 9.89 Å². The molecule has 0 fully saturated rings. The molecule has 2 rings (SSSR count). The minimum absolute atomic E-state index is 0.214. The highest BCUT2D eigenvalue weighted by atomic mass is 35.5. The Morgan fingerprint density at radius 1 is 1.41 bits per heavy atom. The molecule has 4 nitrogen and oxygen atoms in total. The van der Waals surface area contributed by atoms with Crippen molar-refractivity contribution in [2.75, 3.05) is 0 Å². The maximum Gasteiger partial charge on any atom is 0.269 e. The van der Waals surface area contributed by atoms with Gasteiger partial charge in [0, 0.05) is 16.1 Å². The normalized spacial score (nSPS) is 10.5. The largest absolute Gasteiger partial charge is 0.364 e. The van der Waals surface area contributed by atoms with Crippen LogP contribution in [-0.4, -0.2) is 16.1 Å². The molecule has 0 spiro atoms. The van der Waals surface area contributed by atoms with Crippen molar-refractivity contribution in [1.82, 2.24) is 10.2 Å². The third kappa shape index (κ3) is 2.14. The molecular formula is C11H9Cl2N3O. The topological polar surface area (TPSA) is 71.8 Å². The first-order valence-electron chi connectivity index (χ1n) is 4.81. The number of rotatable bonds is 2. The Labute approximate surface area is 108 Å². The van der Waals surface area contributed by atoms with Gasteiger partial charge in [0.05, 0.1) is 10.7 Å². The summed E-state index contributed by atoms with van der Waals surface area (Å²) in [5.41, 5.74) is 7.47. The van der Waals surface area contributed by atoms with Gasteiger partial charge in [-0.1, -0.05) is 23.2 Å². The Balaban J connectivity index is 2.57. The number of halogens is 2. The number of nitrogens with one attached hydrogen (secondary N) is 1. The van der Waals surface area contributed by atoms with E-state index in [1.165, 1.54) is 0 Å². The van der Waals surface area contributed by atoms with Gasteiger partial charge in [-0.2, -0.15) is 5.10 Å². The Hall–Kier alpha value is -1.52. The van der Waals surface area contributed by atoms with E-state index in [0.717, 1.165) is 5.56 Å². The second-order valence-corrected chi connectivity index (χ2v) is 4.40. The minimum atomic E-state index is -0.574. The number of H-pyrrole nitrogens is 1. The van der Waals surface area contributed by atoms with E-state index in [9.17, 15) is 4.79 Å². The van der Waals surface area contributed by atoms with Crippen molar-refractivity contribution < 1.29 is 4.79 Å². The Kier molecular flexibility index (Phi) is 3.09. The molecule has 0 unspecified atom stereocenters. The van der Waals surface area contributed by atoms with Crippen LogP contribution in [0, 0.1) is 6.92 Å². The van der Waals surface area contributed by atoms with Gasteiger partial charge in [0.2, 0.25) is 0 Å². The number of aromatic nitrogens is 2. The summed E-state index contributed by atoms with van der Waals surface area (Å²) in [6.45, 7) is 1.75. The summed E-state index contributed by atoms with van der Waals surface area (Å²) in [6, 6.07) is 5.10. The molecule has 0 bridgehead atoms. The maximum atomic E-state index is 11.1.